The summed E-state index contributed by atoms with van der Waals surface area (Å²) < 4.78 is 23.2. The third-order valence-electron chi connectivity index (χ3n) is 2.63. The number of hydroxylamine groups is 1. The third kappa shape index (κ3) is 3.55. The second kappa shape index (κ2) is 5.68. The van der Waals surface area contributed by atoms with Gasteiger partial charge < -0.3 is 4.84 Å². The predicted molar refractivity (Wildman–Crippen MR) is 55.7 cm³/mol. The van der Waals surface area contributed by atoms with Gasteiger partial charge in [0.15, 0.2) is 9.84 Å². The average Bonchev–Trinajstić information content (AvgIpc) is 2.14. The molecule has 0 aliphatic carbocycles. The molecule has 0 spiro atoms. The number of sulfone groups is 1. The zero-order valence-electron chi connectivity index (χ0n) is 8.66. The first kappa shape index (κ1) is 11.9. The fraction of sp³-hybridized carbons (Fsp3) is 1.00. The Morgan fingerprint density at radius 1 is 1.43 bits per heavy atom. The van der Waals surface area contributed by atoms with Gasteiger partial charge in [0.05, 0.1) is 17.6 Å². The van der Waals surface area contributed by atoms with E-state index in [1.165, 1.54) is 0 Å². The van der Waals surface area contributed by atoms with Crippen molar-refractivity contribution in [3.05, 3.63) is 0 Å². The van der Waals surface area contributed by atoms with Crippen molar-refractivity contribution in [2.24, 2.45) is 0 Å². The van der Waals surface area contributed by atoms with Gasteiger partial charge >= 0.3 is 0 Å². The minimum Gasteiger partial charge on any atom is -0.302 e. The van der Waals surface area contributed by atoms with Crippen LogP contribution >= 0.6 is 0 Å². The van der Waals surface area contributed by atoms with Gasteiger partial charge in [-0.25, -0.2) is 13.9 Å². The molecule has 84 valence electrons. The Bertz CT molecular complexity index is 251. The van der Waals surface area contributed by atoms with Crippen LogP contribution in [0.4, 0.5) is 0 Å². The van der Waals surface area contributed by atoms with E-state index in [2.05, 4.69) is 5.48 Å². The van der Waals surface area contributed by atoms with Crippen LogP contribution in [-0.4, -0.2) is 33.1 Å². The average molecular weight is 221 g/mol. The Morgan fingerprint density at radius 2 is 2.21 bits per heavy atom. The molecule has 1 atom stereocenters. The number of hydrogen-bond donors (Lipinski definition) is 1. The van der Waals surface area contributed by atoms with Crippen LogP contribution in [-0.2, 0) is 14.7 Å². The summed E-state index contributed by atoms with van der Waals surface area (Å²) in [6.07, 6.45) is 4.28. The van der Waals surface area contributed by atoms with Gasteiger partial charge in [0, 0.05) is 7.05 Å². The van der Waals surface area contributed by atoms with E-state index in [1.807, 2.05) is 0 Å². The van der Waals surface area contributed by atoms with E-state index >= 15 is 0 Å². The van der Waals surface area contributed by atoms with Crippen molar-refractivity contribution in [2.75, 3.05) is 19.4 Å². The van der Waals surface area contributed by atoms with Gasteiger partial charge in [-0.1, -0.05) is 6.42 Å². The molecule has 1 aliphatic heterocycles. The molecule has 0 amide bonds. The molecule has 1 unspecified atom stereocenters. The summed E-state index contributed by atoms with van der Waals surface area (Å²) in [7, 11) is -1.08. The molecule has 1 heterocycles. The van der Waals surface area contributed by atoms with Crippen LogP contribution in [0.2, 0.25) is 0 Å². The van der Waals surface area contributed by atoms with Crippen molar-refractivity contribution in [2.45, 2.75) is 37.4 Å². The van der Waals surface area contributed by atoms with Crippen LogP contribution in [0.3, 0.4) is 0 Å². The predicted octanol–water partition coefficient (Wildman–Crippen LogP) is 0.885. The van der Waals surface area contributed by atoms with Crippen LogP contribution in [0.5, 0.6) is 0 Å². The molecule has 1 rings (SSSR count). The molecule has 0 aromatic heterocycles. The Balaban J connectivity index is 2.28. The van der Waals surface area contributed by atoms with Gasteiger partial charge in [0.25, 0.3) is 0 Å². The Labute approximate surface area is 85.9 Å². The van der Waals surface area contributed by atoms with E-state index in [1.54, 1.807) is 7.05 Å². The second-order valence-corrected chi connectivity index (χ2v) is 6.08. The SMILES string of the molecule is CNOCCCC1CCCCS1(=O)=O. The summed E-state index contributed by atoms with van der Waals surface area (Å²) >= 11 is 0. The summed E-state index contributed by atoms with van der Waals surface area (Å²) in [5.41, 5.74) is 2.58. The molecule has 0 aromatic rings. The summed E-state index contributed by atoms with van der Waals surface area (Å²) in [6.45, 7) is 0.586. The lowest BCUT2D eigenvalue weighted by Gasteiger charge is -2.21. The molecular weight excluding hydrogens is 202 g/mol. The van der Waals surface area contributed by atoms with Gasteiger partial charge in [0.2, 0.25) is 0 Å². The van der Waals surface area contributed by atoms with Crippen LogP contribution in [0.15, 0.2) is 0 Å². The Kier molecular flexibility index (Phi) is 4.84. The standard InChI is InChI=1S/C9H19NO3S/c1-10-13-7-4-6-9-5-2-3-8-14(9,11)12/h9-10H,2-8H2,1H3. The van der Waals surface area contributed by atoms with Crippen molar-refractivity contribution >= 4 is 9.84 Å². The Hall–Kier alpha value is -0.130. The molecule has 4 nitrogen and oxygen atoms in total. The van der Waals surface area contributed by atoms with Crippen molar-refractivity contribution in [3.63, 3.8) is 0 Å². The second-order valence-electron chi connectivity index (χ2n) is 3.68. The van der Waals surface area contributed by atoms with Crippen molar-refractivity contribution in [3.8, 4) is 0 Å². The first-order valence-corrected chi connectivity index (χ1v) is 6.88. The van der Waals surface area contributed by atoms with Gasteiger partial charge in [-0.2, -0.15) is 0 Å². The molecule has 1 saturated heterocycles. The number of hydrogen-bond acceptors (Lipinski definition) is 4. The zero-order chi connectivity index (χ0) is 10.4. The summed E-state index contributed by atoms with van der Waals surface area (Å²) in [5.74, 6) is 0.380. The van der Waals surface area contributed by atoms with E-state index in [0.717, 1.165) is 32.1 Å². The first-order chi connectivity index (χ1) is 6.67. The fourth-order valence-electron chi connectivity index (χ4n) is 1.83. The molecule has 14 heavy (non-hydrogen) atoms. The van der Waals surface area contributed by atoms with Gasteiger partial charge in [0.1, 0.15) is 0 Å². The maximum absolute atomic E-state index is 11.6. The zero-order valence-corrected chi connectivity index (χ0v) is 9.48. The molecule has 0 radical (unpaired) electrons. The van der Waals surface area contributed by atoms with Crippen LogP contribution < -0.4 is 5.48 Å². The smallest absolute Gasteiger partial charge is 0.153 e. The minimum absolute atomic E-state index is 0.114. The molecule has 1 N–H and O–H groups in total. The molecule has 1 fully saturated rings. The Morgan fingerprint density at radius 3 is 2.86 bits per heavy atom. The quantitative estimate of drug-likeness (QED) is 0.553. The molecule has 0 aromatic carbocycles. The number of nitrogens with one attached hydrogen (secondary N) is 1. The van der Waals surface area contributed by atoms with Crippen LogP contribution in [0.1, 0.15) is 32.1 Å². The van der Waals surface area contributed by atoms with Gasteiger partial charge in [-0.15, -0.1) is 0 Å². The van der Waals surface area contributed by atoms with Crippen molar-refractivity contribution in [1.29, 1.82) is 0 Å². The van der Waals surface area contributed by atoms with E-state index < -0.39 is 9.84 Å². The molecule has 0 saturated carbocycles. The summed E-state index contributed by atoms with van der Waals surface area (Å²) in [5, 5.41) is -0.114. The fourth-order valence-corrected chi connectivity index (χ4v) is 3.82. The van der Waals surface area contributed by atoms with Crippen LogP contribution in [0, 0.1) is 0 Å². The summed E-state index contributed by atoms with van der Waals surface area (Å²) in [4.78, 5) is 4.95. The highest BCUT2D eigenvalue weighted by molar-refractivity contribution is 7.92. The summed E-state index contributed by atoms with van der Waals surface area (Å²) in [6, 6.07) is 0. The normalized spacial score (nSPS) is 26.2. The maximum atomic E-state index is 11.6. The monoisotopic (exact) mass is 221 g/mol. The number of rotatable bonds is 5. The molecular formula is C9H19NO3S. The highest BCUT2D eigenvalue weighted by Gasteiger charge is 2.27. The van der Waals surface area contributed by atoms with E-state index in [4.69, 9.17) is 4.84 Å². The van der Waals surface area contributed by atoms with Crippen LogP contribution in [0.25, 0.3) is 0 Å². The van der Waals surface area contributed by atoms with E-state index in [0.29, 0.717) is 12.4 Å². The third-order valence-corrected chi connectivity index (χ3v) is 4.97. The highest BCUT2D eigenvalue weighted by atomic mass is 32.2. The van der Waals surface area contributed by atoms with E-state index in [-0.39, 0.29) is 5.25 Å². The first-order valence-electron chi connectivity index (χ1n) is 5.17. The lowest BCUT2D eigenvalue weighted by atomic mass is 10.1. The highest BCUT2D eigenvalue weighted by Crippen LogP contribution is 2.22. The van der Waals surface area contributed by atoms with Gasteiger partial charge in [-0.05, 0) is 25.7 Å². The molecule has 5 heteroatoms. The molecule has 1 aliphatic rings. The topological polar surface area (TPSA) is 55.4 Å². The van der Waals surface area contributed by atoms with Crippen molar-refractivity contribution < 1.29 is 13.3 Å². The lowest BCUT2D eigenvalue weighted by Crippen LogP contribution is -2.28. The largest absolute Gasteiger partial charge is 0.302 e. The minimum atomic E-state index is -2.79. The van der Waals surface area contributed by atoms with Gasteiger partial charge in [-0.3, -0.25) is 0 Å². The molecule has 0 bridgehead atoms. The van der Waals surface area contributed by atoms with E-state index in [9.17, 15) is 8.42 Å². The lowest BCUT2D eigenvalue weighted by molar-refractivity contribution is 0.0551. The van der Waals surface area contributed by atoms with Crippen molar-refractivity contribution in [1.82, 2.24) is 5.48 Å². The maximum Gasteiger partial charge on any atom is 0.153 e.